The highest BCUT2D eigenvalue weighted by atomic mass is 79.9. The molecule has 0 unspecified atom stereocenters. The van der Waals surface area contributed by atoms with E-state index in [-0.39, 0.29) is 0 Å². The number of hydrogen-bond donors (Lipinski definition) is 1. The minimum absolute atomic E-state index is 0.593. The Hall–Kier alpha value is -0.420. The minimum Gasteiger partial charge on any atom is -0.326 e. The summed E-state index contributed by atoms with van der Waals surface area (Å²) in [6, 6.07) is 6.35. The van der Waals surface area contributed by atoms with Gasteiger partial charge in [0.05, 0.1) is 0 Å². The quantitative estimate of drug-likeness (QED) is 0.871. The summed E-state index contributed by atoms with van der Waals surface area (Å²) in [4.78, 5) is 4.52. The lowest BCUT2D eigenvalue weighted by atomic mass is 10.1. The van der Waals surface area contributed by atoms with Crippen LogP contribution in [0, 0.1) is 0 Å². The molecule has 1 rings (SSSR count). The molecule has 0 spiro atoms. The van der Waals surface area contributed by atoms with Gasteiger partial charge in [0, 0.05) is 30.7 Å². The van der Waals surface area contributed by atoms with Gasteiger partial charge in [0.25, 0.3) is 0 Å². The highest BCUT2D eigenvalue weighted by Gasteiger charge is 2.05. The molecule has 0 amide bonds. The average molecular weight is 300 g/mol. The van der Waals surface area contributed by atoms with E-state index in [4.69, 9.17) is 5.73 Å². The fourth-order valence-corrected chi connectivity index (χ4v) is 2.14. The Morgan fingerprint density at radius 3 is 2.41 bits per heavy atom. The van der Waals surface area contributed by atoms with Crippen molar-refractivity contribution in [1.29, 1.82) is 0 Å². The highest BCUT2D eigenvalue weighted by Crippen LogP contribution is 2.19. The van der Waals surface area contributed by atoms with Crippen molar-refractivity contribution in [2.75, 3.05) is 34.2 Å². The number of benzene rings is 1. The van der Waals surface area contributed by atoms with E-state index >= 15 is 0 Å². The number of nitrogens with two attached hydrogens (primary N) is 1. The second kappa shape index (κ2) is 7.11. The average Bonchev–Trinajstić information content (AvgIpc) is 2.29. The first-order valence-electron chi connectivity index (χ1n) is 5.83. The van der Waals surface area contributed by atoms with E-state index in [9.17, 15) is 0 Å². The standard InChI is InChI=1S/C13H22BrN3/c1-16(2)6-7-17(3)10-12-5-4-11(9-15)8-13(12)14/h4-5,8H,6-7,9-10,15H2,1-3H3. The number of hydrogen-bond acceptors (Lipinski definition) is 3. The molecule has 0 bridgehead atoms. The van der Waals surface area contributed by atoms with Crippen LogP contribution in [0.2, 0.25) is 0 Å². The summed E-state index contributed by atoms with van der Waals surface area (Å²) in [5, 5.41) is 0. The van der Waals surface area contributed by atoms with Crippen LogP contribution in [-0.4, -0.2) is 44.0 Å². The zero-order chi connectivity index (χ0) is 12.8. The van der Waals surface area contributed by atoms with Crippen molar-refractivity contribution in [1.82, 2.24) is 9.80 Å². The van der Waals surface area contributed by atoms with Crippen LogP contribution in [0.5, 0.6) is 0 Å². The molecule has 0 radical (unpaired) electrons. The largest absolute Gasteiger partial charge is 0.326 e. The molecule has 0 aromatic heterocycles. The Morgan fingerprint density at radius 2 is 1.88 bits per heavy atom. The van der Waals surface area contributed by atoms with Crippen LogP contribution in [0.1, 0.15) is 11.1 Å². The van der Waals surface area contributed by atoms with E-state index in [1.807, 2.05) is 0 Å². The fourth-order valence-electron chi connectivity index (χ4n) is 1.59. The molecule has 0 aliphatic rings. The molecule has 2 N–H and O–H groups in total. The normalized spacial score (nSPS) is 11.5. The van der Waals surface area contributed by atoms with Crippen LogP contribution >= 0.6 is 15.9 Å². The lowest BCUT2D eigenvalue weighted by molar-refractivity contribution is 0.276. The van der Waals surface area contributed by atoms with Crippen LogP contribution in [0.25, 0.3) is 0 Å². The Bertz CT molecular complexity index is 353. The van der Waals surface area contributed by atoms with Gasteiger partial charge in [0.2, 0.25) is 0 Å². The zero-order valence-corrected chi connectivity index (χ0v) is 12.5. The molecule has 1 aromatic rings. The molecule has 17 heavy (non-hydrogen) atoms. The molecule has 0 atom stereocenters. The first kappa shape index (κ1) is 14.6. The monoisotopic (exact) mass is 299 g/mol. The summed E-state index contributed by atoms with van der Waals surface area (Å²) in [5.41, 5.74) is 8.09. The van der Waals surface area contributed by atoms with E-state index in [1.165, 1.54) is 5.56 Å². The lowest BCUT2D eigenvalue weighted by Crippen LogP contribution is -2.28. The molecule has 0 aliphatic carbocycles. The minimum atomic E-state index is 0.593. The third-order valence-electron chi connectivity index (χ3n) is 2.72. The van der Waals surface area contributed by atoms with Crippen molar-refractivity contribution < 1.29 is 0 Å². The van der Waals surface area contributed by atoms with Crippen molar-refractivity contribution in [3.63, 3.8) is 0 Å². The van der Waals surface area contributed by atoms with Crippen molar-refractivity contribution in [2.24, 2.45) is 5.73 Å². The van der Waals surface area contributed by atoms with Gasteiger partial charge in [-0.05, 0) is 38.3 Å². The first-order chi connectivity index (χ1) is 8.02. The summed E-state index contributed by atoms with van der Waals surface area (Å²) in [7, 11) is 6.34. The van der Waals surface area contributed by atoms with Crippen LogP contribution in [0.4, 0.5) is 0 Å². The molecular weight excluding hydrogens is 278 g/mol. The molecule has 0 fully saturated rings. The van der Waals surface area contributed by atoms with E-state index in [1.54, 1.807) is 0 Å². The van der Waals surface area contributed by atoms with Gasteiger partial charge >= 0.3 is 0 Å². The van der Waals surface area contributed by atoms with E-state index < -0.39 is 0 Å². The number of rotatable bonds is 6. The maximum atomic E-state index is 5.61. The molecule has 1 aromatic carbocycles. The number of nitrogens with zero attached hydrogens (tertiary/aromatic N) is 2. The smallest absolute Gasteiger partial charge is 0.0242 e. The van der Waals surface area contributed by atoms with Gasteiger partial charge in [-0.3, -0.25) is 0 Å². The Kier molecular flexibility index (Phi) is 6.12. The summed E-state index contributed by atoms with van der Waals surface area (Å²) < 4.78 is 1.15. The van der Waals surface area contributed by atoms with Gasteiger partial charge < -0.3 is 15.5 Å². The number of likely N-dealkylation sites (N-methyl/N-ethyl adjacent to an activating group) is 2. The molecule has 96 valence electrons. The second-order valence-corrected chi connectivity index (χ2v) is 5.53. The van der Waals surface area contributed by atoms with Crippen LogP contribution in [-0.2, 0) is 13.1 Å². The molecule has 4 heteroatoms. The van der Waals surface area contributed by atoms with Crippen LogP contribution < -0.4 is 5.73 Å². The second-order valence-electron chi connectivity index (χ2n) is 4.67. The van der Waals surface area contributed by atoms with E-state index in [0.29, 0.717) is 6.54 Å². The van der Waals surface area contributed by atoms with E-state index in [2.05, 4.69) is 65.1 Å². The van der Waals surface area contributed by atoms with Crippen LogP contribution in [0.3, 0.4) is 0 Å². The Labute approximate surface area is 113 Å². The predicted molar refractivity (Wildman–Crippen MR) is 76.9 cm³/mol. The van der Waals surface area contributed by atoms with Gasteiger partial charge in [-0.1, -0.05) is 28.1 Å². The molecule has 0 saturated heterocycles. The third kappa shape index (κ3) is 5.17. The van der Waals surface area contributed by atoms with Gasteiger partial charge in [-0.15, -0.1) is 0 Å². The van der Waals surface area contributed by atoms with Gasteiger partial charge in [-0.2, -0.15) is 0 Å². The number of halogens is 1. The van der Waals surface area contributed by atoms with Crippen molar-refractivity contribution >= 4 is 15.9 Å². The lowest BCUT2D eigenvalue weighted by Gasteiger charge is -2.20. The summed E-state index contributed by atoms with van der Waals surface area (Å²) in [6.45, 7) is 3.70. The Morgan fingerprint density at radius 1 is 1.18 bits per heavy atom. The third-order valence-corrected chi connectivity index (χ3v) is 3.46. The highest BCUT2D eigenvalue weighted by molar-refractivity contribution is 9.10. The van der Waals surface area contributed by atoms with Crippen molar-refractivity contribution in [2.45, 2.75) is 13.1 Å². The predicted octanol–water partition coefficient (Wildman–Crippen LogP) is 1.90. The van der Waals surface area contributed by atoms with Crippen molar-refractivity contribution in [3.05, 3.63) is 33.8 Å². The fraction of sp³-hybridized carbons (Fsp3) is 0.538. The first-order valence-corrected chi connectivity index (χ1v) is 6.63. The van der Waals surface area contributed by atoms with Gasteiger partial charge in [-0.25, -0.2) is 0 Å². The zero-order valence-electron chi connectivity index (χ0n) is 10.9. The Balaban J connectivity index is 2.56. The van der Waals surface area contributed by atoms with Gasteiger partial charge in [0.1, 0.15) is 0 Å². The SMILES string of the molecule is CN(C)CCN(C)Cc1ccc(CN)cc1Br. The van der Waals surface area contributed by atoms with Crippen molar-refractivity contribution in [3.8, 4) is 0 Å². The topological polar surface area (TPSA) is 32.5 Å². The maximum Gasteiger partial charge on any atom is 0.0242 e. The van der Waals surface area contributed by atoms with Gasteiger partial charge in [0.15, 0.2) is 0 Å². The molecule has 0 heterocycles. The molecule has 0 aliphatic heterocycles. The summed E-state index contributed by atoms with van der Waals surface area (Å²) >= 11 is 3.60. The molecule has 3 nitrogen and oxygen atoms in total. The summed E-state index contributed by atoms with van der Waals surface area (Å²) in [6.07, 6.45) is 0. The van der Waals surface area contributed by atoms with E-state index in [0.717, 1.165) is 29.7 Å². The maximum absolute atomic E-state index is 5.61. The van der Waals surface area contributed by atoms with Crippen LogP contribution in [0.15, 0.2) is 22.7 Å². The molecular formula is C13H22BrN3. The summed E-state index contributed by atoms with van der Waals surface area (Å²) in [5.74, 6) is 0. The molecule has 0 saturated carbocycles.